The fourth-order valence-corrected chi connectivity index (χ4v) is 3.47. The molecule has 26 heavy (non-hydrogen) atoms. The van der Waals surface area contributed by atoms with E-state index in [0.717, 1.165) is 30.8 Å². The zero-order valence-electron chi connectivity index (χ0n) is 14.2. The summed E-state index contributed by atoms with van der Waals surface area (Å²) in [7, 11) is 0. The number of aromatic nitrogens is 2. The molecule has 0 unspecified atom stereocenters. The molecule has 0 radical (unpaired) electrons. The van der Waals surface area contributed by atoms with Crippen LogP contribution in [0.2, 0.25) is 0 Å². The van der Waals surface area contributed by atoms with Crippen LogP contribution in [0.4, 0.5) is 14.9 Å². The zero-order chi connectivity index (χ0) is 18.5. The highest BCUT2D eigenvalue weighted by atomic mass is 32.1. The minimum absolute atomic E-state index is 0.0682. The molecule has 2 amide bonds. The van der Waals surface area contributed by atoms with E-state index in [2.05, 4.69) is 20.2 Å². The summed E-state index contributed by atoms with van der Waals surface area (Å²) in [6, 6.07) is 5.38. The normalized spacial score (nSPS) is 19.6. The minimum Gasteiger partial charge on any atom is -0.446 e. The molecule has 0 saturated heterocycles. The van der Waals surface area contributed by atoms with E-state index in [1.807, 2.05) is 0 Å². The van der Waals surface area contributed by atoms with Gasteiger partial charge in [0.15, 0.2) is 0 Å². The molecule has 1 fully saturated rings. The topological polar surface area (TPSA) is 93.2 Å². The van der Waals surface area contributed by atoms with Crippen LogP contribution in [0.1, 0.15) is 41.0 Å². The van der Waals surface area contributed by atoms with Crippen LogP contribution in [0.3, 0.4) is 0 Å². The van der Waals surface area contributed by atoms with Crippen molar-refractivity contribution in [3.05, 3.63) is 40.7 Å². The van der Waals surface area contributed by atoms with Crippen LogP contribution < -0.4 is 10.6 Å². The van der Waals surface area contributed by atoms with Crippen molar-refractivity contribution in [3.8, 4) is 0 Å². The van der Waals surface area contributed by atoms with Crippen LogP contribution >= 0.6 is 11.5 Å². The van der Waals surface area contributed by atoms with Crippen molar-refractivity contribution in [3.63, 3.8) is 0 Å². The predicted octanol–water partition coefficient (Wildman–Crippen LogP) is 3.28. The summed E-state index contributed by atoms with van der Waals surface area (Å²) in [6.45, 7) is 1.74. The first kappa shape index (κ1) is 18.2. The maximum Gasteiger partial charge on any atom is 0.411 e. The summed E-state index contributed by atoms with van der Waals surface area (Å²) in [5.41, 5.74) is 1.07. The highest BCUT2D eigenvalue weighted by Gasteiger charge is 2.27. The highest BCUT2D eigenvalue weighted by molar-refractivity contribution is 7.08. The van der Waals surface area contributed by atoms with E-state index in [9.17, 15) is 14.0 Å². The number of anilines is 1. The average molecular weight is 378 g/mol. The quantitative estimate of drug-likeness (QED) is 0.852. The maximum atomic E-state index is 12.9. The molecule has 3 rings (SSSR count). The number of halogens is 1. The zero-order valence-corrected chi connectivity index (χ0v) is 15.0. The SMILES string of the molecule is Cc1nnsc1C(=O)N[C@H]1CCC[C@@H](OC(=O)Nc2ccc(F)cc2)C1. The van der Waals surface area contributed by atoms with E-state index in [4.69, 9.17) is 4.74 Å². The maximum absolute atomic E-state index is 12.9. The predicted molar refractivity (Wildman–Crippen MR) is 94.7 cm³/mol. The van der Waals surface area contributed by atoms with Gasteiger partial charge in [-0.1, -0.05) is 4.49 Å². The molecule has 1 aromatic carbocycles. The van der Waals surface area contributed by atoms with Crippen molar-refractivity contribution < 1.29 is 18.7 Å². The minimum atomic E-state index is -0.587. The van der Waals surface area contributed by atoms with Gasteiger partial charge in [0.25, 0.3) is 5.91 Å². The number of hydrogen-bond acceptors (Lipinski definition) is 6. The third kappa shape index (κ3) is 4.75. The number of carbonyl (C=O) groups excluding carboxylic acids is 2. The second-order valence-corrected chi connectivity index (χ2v) is 6.94. The standard InChI is InChI=1S/C17H19FN4O3S/c1-10-15(26-22-21-10)16(23)19-13-3-2-4-14(9-13)25-17(24)20-12-7-5-11(18)6-8-12/h5-8,13-14H,2-4,9H2,1H3,(H,19,23)(H,20,24)/t13-,14+/m0/s1. The number of hydrogen-bond donors (Lipinski definition) is 2. The number of rotatable bonds is 4. The van der Waals surface area contributed by atoms with E-state index < -0.39 is 6.09 Å². The molecule has 1 saturated carbocycles. The van der Waals surface area contributed by atoms with Gasteiger partial charge in [0.2, 0.25) is 0 Å². The lowest BCUT2D eigenvalue weighted by molar-refractivity contribution is 0.0714. The summed E-state index contributed by atoms with van der Waals surface area (Å²) in [5, 5.41) is 9.37. The van der Waals surface area contributed by atoms with Crippen molar-refractivity contribution in [2.24, 2.45) is 0 Å². The molecule has 0 aliphatic heterocycles. The molecule has 0 spiro atoms. The second kappa shape index (κ2) is 8.22. The van der Waals surface area contributed by atoms with Crippen LogP contribution in [0.25, 0.3) is 0 Å². The molecule has 1 heterocycles. The lowest BCUT2D eigenvalue weighted by atomic mass is 9.93. The van der Waals surface area contributed by atoms with Gasteiger partial charge in [-0.2, -0.15) is 0 Å². The molecule has 1 aliphatic carbocycles. The fraction of sp³-hybridized carbons (Fsp3) is 0.412. The third-order valence-electron chi connectivity index (χ3n) is 4.18. The Labute approximate surface area is 154 Å². The first-order valence-corrected chi connectivity index (χ1v) is 9.11. The number of aryl methyl sites for hydroxylation is 1. The van der Waals surface area contributed by atoms with Crippen LogP contribution in [-0.2, 0) is 4.74 Å². The Bertz CT molecular complexity index is 781. The molecular weight excluding hydrogens is 359 g/mol. The van der Waals surface area contributed by atoms with Crippen LogP contribution in [0.5, 0.6) is 0 Å². The summed E-state index contributed by atoms with van der Waals surface area (Å²) in [6.07, 6.45) is 2.10. The number of nitrogens with one attached hydrogen (secondary N) is 2. The van der Waals surface area contributed by atoms with E-state index in [0.29, 0.717) is 22.7 Å². The van der Waals surface area contributed by atoms with E-state index in [1.165, 1.54) is 24.3 Å². The summed E-state index contributed by atoms with van der Waals surface area (Å²) in [5.74, 6) is -0.569. The van der Waals surface area contributed by atoms with Crippen molar-refractivity contribution in [1.29, 1.82) is 0 Å². The lowest BCUT2D eigenvalue weighted by Gasteiger charge is -2.29. The number of amides is 2. The van der Waals surface area contributed by atoms with Crippen LogP contribution in [0, 0.1) is 12.7 Å². The molecule has 7 nitrogen and oxygen atoms in total. The van der Waals surface area contributed by atoms with Crippen LogP contribution in [0.15, 0.2) is 24.3 Å². The van der Waals surface area contributed by atoms with Crippen molar-refractivity contribution >= 4 is 29.2 Å². The molecule has 0 bridgehead atoms. The van der Waals surface area contributed by atoms with E-state index in [-0.39, 0.29) is 23.9 Å². The highest BCUT2D eigenvalue weighted by Crippen LogP contribution is 2.23. The number of carbonyl (C=O) groups is 2. The van der Waals surface area contributed by atoms with Gasteiger partial charge < -0.3 is 10.1 Å². The molecule has 1 aliphatic rings. The first-order chi connectivity index (χ1) is 12.5. The molecule has 2 aromatic rings. The number of nitrogens with zero attached hydrogens (tertiary/aromatic N) is 2. The van der Waals surface area contributed by atoms with Crippen molar-refractivity contribution in [2.45, 2.75) is 44.8 Å². The smallest absolute Gasteiger partial charge is 0.411 e. The van der Waals surface area contributed by atoms with Gasteiger partial charge in [0.05, 0.1) is 5.69 Å². The summed E-state index contributed by atoms with van der Waals surface area (Å²) < 4.78 is 22.1. The van der Waals surface area contributed by atoms with Gasteiger partial charge in [-0.05, 0) is 62.0 Å². The first-order valence-electron chi connectivity index (χ1n) is 8.34. The second-order valence-electron chi connectivity index (χ2n) is 6.18. The van der Waals surface area contributed by atoms with Gasteiger partial charge in [-0.15, -0.1) is 5.10 Å². The monoisotopic (exact) mass is 378 g/mol. The summed E-state index contributed by atoms with van der Waals surface area (Å²) in [4.78, 5) is 24.8. The number of benzene rings is 1. The van der Waals surface area contributed by atoms with E-state index in [1.54, 1.807) is 6.92 Å². The molecule has 1 aromatic heterocycles. The molecule has 9 heteroatoms. The Hall–Kier alpha value is -2.55. The molecule has 2 N–H and O–H groups in total. The van der Waals surface area contributed by atoms with Gasteiger partial charge in [0.1, 0.15) is 16.8 Å². The Kier molecular flexibility index (Phi) is 5.77. The van der Waals surface area contributed by atoms with E-state index >= 15 is 0 Å². The molecular formula is C17H19FN4O3S. The lowest BCUT2D eigenvalue weighted by Crippen LogP contribution is -2.41. The average Bonchev–Trinajstić information content (AvgIpc) is 3.03. The summed E-state index contributed by atoms with van der Waals surface area (Å²) >= 11 is 1.06. The van der Waals surface area contributed by atoms with Crippen molar-refractivity contribution in [1.82, 2.24) is 14.9 Å². The van der Waals surface area contributed by atoms with Gasteiger partial charge >= 0.3 is 6.09 Å². The van der Waals surface area contributed by atoms with Crippen LogP contribution in [-0.4, -0.2) is 33.7 Å². The third-order valence-corrected chi connectivity index (χ3v) is 5.01. The Morgan fingerprint density at radius 1 is 1.27 bits per heavy atom. The van der Waals surface area contributed by atoms with Gasteiger partial charge in [-0.25, -0.2) is 9.18 Å². The fourth-order valence-electron chi connectivity index (χ4n) is 2.91. The van der Waals surface area contributed by atoms with Gasteiger partial charge in [0, 0.05) is 18.2 Å². The van der Waals surface area contributed by atoms with Gasteiger partial charge in [-0.3, -0.25) is 10.1 Å². The largest absolute Gasteiger partial charge is 0.446 e. The Morgan fingerprint density at radius 2 is 2.04 bits per heavy atom. The molecule has 2 atom stereocenters. The Morgan fingerprint density at radius 3 is 2.73 bits per heavy atom. The Balaban J connectivity index is 1.50. The van der Waals surface area contributed by atoms with Crippen molar-refractivity contribution in [2.75, 3.05) is 5.32 Å². The molecule has 138 valence electrons. The number of ether oxygens (including phenoxy) is 1.